The Morgan fingerprint density at radius 3 is 2.50 bits per heavy atom. The van der Waals surface area contributed by atoms with Crippen LogP contribution in [0.5, 0.6) is 5.88 Å². The Kier molecular flexibility index (Phi) is 3.24. The largest absolute Gasteiger partial charge is 0.493 e. The average Bonchev–Trinajstić information content (AvgIpc) is 2.30. The first-order valence-electron chi connectivity index (χ1n) is 4.80. The van der Waals surface area contributed by atoms with Gasteiger partial charge in [-0.3, -0.25) is 14.8 Å². The van der Waals surface area contributed by atoms with E-state index in [0.717, 1.165) is 0 Å². The molecule has 1 aromatic heterocycles. The normalized spacial score (nSPS) is 10.9. The maximum Gasteiger partial charge on any atom is 0.328 e. The van der Waals surface area contributed by atoms with E-state index in [9.17, 15) is 14.7 Å². The Morgan fingerprint density at radius 1 is 1.11 bits per heavy atom. The third-order valence-corrected chi connectivity index (χ3v) is 2.33. The van der Waals surface area contributed by atoms with Crippen molar-refractivity contribution in [1.29, 1.82) is 0 Å². The highest BCUT2D eigenvalue weighted by Crippen LogP contribution is 2.26. The van der Waals surface area contributed by atoms with Gasteiger partial charge in [0.15, 0.2) is 0 Å². The lowest BCUT2D eigenvalue weighted by Gasteiger charge is -1.96. The molecular weight excluding hydrogens is 260 g/mol. The van der Waals surface area contributed by atoms with Crippen molar-refractivity contribution in [3.05, 3.63) is 50.1 Å². The van der Waals surface area contributed by atoms with Gasteiger partial charge >= 0.3 is 5.69 Å². The number of nitrogens with zero attached hydrogens (tertiary/aromatic N) is 2. The average molecular weight is 267 g/mol. The van der Waals surface area contributed by atoms with Crippen LogP contribution in [0.15, 0.2) is 44.1 Å². The first kappa shape index (κ1) is 12.1. The van der Waals surface area contributed by atoms with Crippen LogP contribution in [0.1, 0.15) is 0 Å². The van der Waals surface area contributed by atoms with Gasteiger partial charge in [-0.1, -0.05) is 23.7 Å². The number of aromatic hydroxyl groups is 1. The Morgan fingerprint density at radius 2 is 1.83 bits per heavy atom. The number of hydrogen-bond acceptors (Lipinski definition) is 5. The number of rotatable bonds is 2. The van der Waals surface area contributed by atoms with Gasteiger partial charge in [-0.05, 0) is 12.1 Å². The predicted molar refractivity (Wildman–Crippen MR) is 65.0 cm³/mol. The van der Waals surface area contributed by atoms with Gasteiger partial charge in [-0.25, -0.2) is 4.79 Å². The molecular formula is C10H7ClN4O3. The SMILES string of the molecule is O=c1[nH]c(O)c(N=Nc2ccccc2Cl)c(=O)[nH]1. The van der Waals surface area contributed by atoms with Gasteiger partial charge in [0.25, 0.3) is 5.56 Å². The number of halogens is 1. The first-order valence-corrected chi connectivity index (χ1v) is 5.17. The van der Waals surface area contributed by atoms with E-state index in [1.165, 1.54) is 0 Å². The molecule has 0 saturated heterocycles. The van der Waals surface area contributed by atoms with Gasteiger partial charge in [-0.2, -0.15) is 0 Å². The quantitative estimate of drug-likeness (QED) is 0.721. The van der Waals surface area contributed by atoms with E-state index in [0.29, 0.717) is 10.7 Å². The maximum absolute atomic E-state index is 11.3. The summed E-state index contributed by atoms with van der Waals surface area (Å²) in [7, 11) is 0. The van der Waals surface area contributed by atoms with E-state index in [-0.39, 0.29) is 0 Å². The second-order valence-electron chi connectivity index (χ2n) is 3.26. The van der Waals surface area contributed by atoms with E-state index >= 15 is 0 Å². The molecule has 0 saturated carbocycles. The van der Waals surface area contributed by atoms with Crippen molar-refractivity contribution in [2.45, 2.75) is 0 Å². The highest BCUT2D eigenvalue weighted by Gasteiger charge is 2.07. The van der Waals surface area contributed by atoms with Crippen molar-refractivity contribution < 1.29 is 5.11 Å². The van der Waals surface area contributed by atoms with Gasteiger partial charge in [-0.15, -0.1) is 10.2 Å². The minimum atomic E-state index is -0.841. The molecule has 0 unspecified atom stereocenters. The second-order valence-corrected chi connectivity index (χ2v) is 3.66. The van der Waals surface area contributed by atoms with Gasteiger partial charge in [0.05, 0.1) is 5.02 Å². The van der Waals surface area contributed by atoms with Crippen molar-refractivity contribution in [3.8, 4) is 5.88 Å². The standard InChI is InChI=1S/C10H7ClN4O3/c11-5-3-1-2-4-6(5)14-15-7-8(16)12-10(18)13-9(7)17/h1-4H,(H3,12,13,16,17,18). The fourth-order valence-electron chi connectivity index (χ4n) is 1.20. The van der Waals surface area contributed by atoms with Crippen molar-refractivity contribution in [2.24, 2.45) is 10.2 Å². The van der Waals surface area contributed by atoms with E-state index in [1.54, 1.807) is 24.3 Å². The fraction of sp³-hybridized carbons (Fsp3) is 0. The second kappa shape index (κ2) is 4.84. The van der Waals surface area contributed by atoms with Gasteiger partial charge < -0.3 is 5.11 Å². The topological polar surface area (TPSA) is 111 Å². The Hall–Kier alpha value is -2.41. The number of benzene rings is 1. The van der Waals surface area contributed by atoms with E-state index in [4.69, 9.17) is 11.6 Å². The van der Waals surface area contributed by atoms with Crippen LogP contribution in [-0.2, 0) is 0 Å². The first-order chi connectivity index (χ1) is 8.58. The Balaban J connectivity index is 2.45. The molecule has 3 N–H and O–H groups in total. The van der Waals surface area contributed by atoms with Crippen LogP contribution in [0.25, 0.3) is 0 Å². The highest BCUT2D eigenvalue weighted by atomic mass is 35.5. The molecule has 0 radical (unpaired) electrons. The molecule has 1 aromatic carbocycles. The van der Waals surface area contributed by atoms with Crippen LogP contribution in [0, 0.1) is 0 Å². The number of azo groups is 1. The van der Waals surface area contributed by atoms with Crippen molar-refractivity contribution in [2.75, 3.05) is 0 Å². The number of H-pyrrole nitrogens is 2. The third-order valence-electron chi connectivity index (χ3n) is 2.01. The molecule has 0 fully saturated rings. The van der Waals surface area contributed by atoms with Gasteiger partial charge in [0, 0.05) is 0 Å². The Bertz CT molecular complexity index is 720. The number of nitrogens with one attached hydrogen (secondary N) is 2. The highest BCUT2D eigenvalue weighted by molar-refractivity contribution is 6.32. The number of aromatic amines is 2. The van der Waals surface area contributed by atoms with Gasteiger partial charge in [0.1, 0.15) is 5.69 Å². The summed E-state index contributed by atoms with van der Waals surface area (Å²) >= 11 is 5.84. The lowest BCUT2D eigenvalue weighted by atomic mass is 10.3. The lowest BCUT2D eigenvalue weighted by molar-refractivity contribution is 0.450. The lowest BCUT2D eigenvalue weighted by Crippen LogP contribution is -2.20. The summed E-state index contributed by atoms with van der Waals surface area (Å²) in [4.78, 5) is 26.1. The zero-order valence-corrected chi connectivity index (χ0v) is 9.60. The molecule has 0 spiro atoms. The van der Waals surface area contributed by atoms with Crippen LogP contribution >= 0.6 is 11.6 Å². The molecule has 1 heterocycles. The molecule has 0 atom stereocenters. The molecule has 0 amide bonds. The maximum atomic E-state index is 11.3. The smallest absolute Gasteiger partial charge is 0.328 e. The number of aromatic nitrogens is 2. The van der Waals surface area contributed by atoms with Crippen molar-refractivity contribution in [1.82, 2.24) is 9.97 Å². The minimum Gasteiger partial charge on any atom is -0.493 e. The molecule has 2 rings (SSSR count). The molecule has 92 valence electrons. The van der Waals surface area contributed by atoms with E-state index < -0.39 is 22.8 Å². The third kappa shape index (κ3) is 2.46. The van der Waals surface area contributed by atoms with Crippen molar-refractivity contribution in [3.63, 3.8) is 0 Å². The van der Waals surface area contributed by atoms with Crippen LogP contribution in [0.2, 0.25) is 5.02 Å². The fourth-order valence-corrected chi connectivity index (χ4v) is 1.37. The summed E-state index contributed by atoms with van der Waals surface area (Å²) in [5.41, 5.74) is -1.72. The van der Waals surface area contributed by atoms with Crippen LogP contribution < -0.4 is 11.2 Å². The molecule has 0 aliphatic heterocycles. The zero-order chi connectivity index (χ0) is 13.1. The summed E-state index contributed by atoms with van der Waals surface area (Å²) in [5.74, 6) is -0.653. The summed E-state index contributed by atoms with van der Waals surface area (Å²) in [6.07, 6.45) is 0. The monoisotopic (exact) mass is 266 g/mol. The summed E-state index contributed by atoms with van der Waals surface area (Å²) in [6.45, 7) is 0. The molecule has 0 bridgehead atoms. The molecule has 2 aromatic rings. The minimum absolute atomic E-state index is 0.337. The molecule has 0 aliphatic rings. The van der Waals surface area contributed by atoms with E-state index in [1.807, 2.05) is 9.97 Å². The van der Waals surface area contributed by atoms with Crippen LogP contribution in [0.3, 0.4) is 0 Å². The molecule has 7 nitrogen and oxygen atoms in total. The summed E-state index contributed by atoms with van der Waals surface area (Å²) < 4.78 is 0. The van der Waals surface area contributed by atoms with Crippen LogP contribution in [0.4, 0.5) is 11.4 Å². The molecule has 8 heteroatoms. The number of hydrogen-bond donors (Lipinski definition) is 3. The summed E-state index contributed by atoms with van der Waals surface area (Å²) in [6, 6.07) is 6.60. The zero-order valence-electron chi connectivity index (χ0n) is 8.85. The van der Waals surface area contributed by atoms with E-state index in [2.05, 4.69) is 10.2 Å². The predicted octanol–water partition coefficient (Wildman–Crippen LogP) is 1.84. The Labute approximate surface area is 105 Å². The van der Waals surface area contributed by atoms with Crippen molar-refractivity contribution >= 4 is 23.0 Å². The molecule has 18 heavy (non-hydrogen) atoms. The summed E-state index contributed by atoms with van der Waals surface area (Å²) in [5, 5.41) is 17.0. The van der Waals surface area contributed by atoms with Crippen LogP contribution in [-0.4, -0.2) is 15.1 Å². The van der Waals surface area contributed by atoms with Gasteiger partial charge in [0.2, 0.25) is 11.6 Å². The molecule has 0 aliphatic carbocycles.